The van der Waals surface area contributed by atoms with Gasteiger partial charge in [0.2, 0.25) is 17.7 Å². The second kappa shape index (κ2) is 5.97. The SMILES string of the molecule is COc1cc(C)nc(NC(=O)C2CCNC(C)C2)n1. The lowest BCUT2D eigenvalue weighted by atomic mass is 9.92. The molecule has 1 fully saturated rings. The Morgan fingerprint density at radius 3 is 3.00 bits per heavy atom. The number of nitrogens with one attached hydrogen (secondary N) is 2. The number of amides is 1. The highest BCUT2D eigenvalue weighted by Crippen LogP contribution is 2.18. The summed E-state index contributed by atoms with van der Waals surface area (Å²) in [5.41, 5.74) is 0.765. The predicted octanol–water partition coefficient (Wildman–Crippen LogP) is 1.12. The monoisotopic (exact) mass is 264 g/mol. The van der Waals surface area contributed by atoms with Gasteiger partial charge in [0, 0.05) is 23.7 Å². The molecule has 104 valence electrons. The molecule has 1 aliphatic rings. The predicted molar refractivity (Wildman–Crippen MR) is 72.1 cm³/mol. The molecule has 19 heavy (non-hydrogen) atoms. The van der Waals surface area contributed by atoms with Gasteiger partial charge in [-0.3, -0.25) is 10.1 Å². The van der Waals surface area contributed by atoms with Crippen molar-refractivity contribution in [3.63, 3.8) is 0 Å². The van der Waals surface area contributed by atoms with Crippen LogP contribution in [0.5, 0.6) is 5.88 Å². The van der Waals surface area contributed by atoms with Crippen LogP contribution in [0.15, 0.2) is 6.07 Å². The highest BCUT2D eigenvalue weighted by atomic mass is 16.5. The molecule has 1 aromatic rings. The molecule has 0 aromatic carbocycles. The number of carbonyl (C=O) groups is 1. The molecule has 2 atom stereocenters. The van der Waals surface area contributed by atoms with Gasteiger partial charge in [0.1, 0.15) is 0 Å². The molecule has 1 saturated heterocycles. The van der Waals surface area contributed by atoms with Crippen LogP contribution in [0.1, 0.15) is 25.5 Å². The van der Waals surface area contributed by atoms with Crippen molar-refractivity contribution in [2.24, 2.45) is 5.92 Å². The van der Waals surface area contributed by atoms with E-state index >= 15 is 0 Å². The second-order valence-corrected chi connectivity index (χ2v) is 4.94. The highest BCUT2D eigenvalue weighted by Gasteiger charge is 2.25. The number of hydrogen-bond acceptors (Lipinski definition) is 5. The first-order valence-electron chi connectivity index (χ1n) is 6.52. The van der Waals surface area contributed by atoms with Crippen molar-refractivity contribution in [1.82, 2.24) is 15.3 Å². The smallest absolute Gasteiger partial charge is 0.232 e. The minimum absolute atomic E-state index is 0.0130. The Labute approximate surface area is 113 Å². The van der Waals surface area contributed by atoms with Crippen LogP contribution in [0.2, 0.25) is 0 Å². The maximum atomic E-state index is 12.2. The van der Waals surface area contributed by atoms with Crippen molar-refractivity contribution in [2.75, 3.05) is 19.0 Å². The number of aromatic nitrogens is 2. The van der Waals surface area contributed by atoms with Crippen LogP contribution in [0.3, 0.4) is 0 Å². The van der Waals surface area contributed by atoms with Gasteiger partial charge in [-0.05, 0) is 33.2 Å². The zero-order chi connectivity index (χ0) is 13.8. The molecule has 2 unspecified atom stereocenters. The molecular formula is C13H20N4O2. The van der Waals surface area contributed by atoms with E-state index in [0.717, 1.165) is 25.1 Å². The largest absolute Gasteiger partial charge is 0.481 e. The third-order valence-electron chi connectivity index (χ3n) is 3.27. The quantitative estimate of drug-likeness (QED) is 0.855. The summed E-state index contributed by atoms with van der Waals surface area (Å²) in [6.07, 6.45) is 1.69. The maximum Gasteiger partial charge on any atom is 0.232 e. The summed E-state index contributed by atoms with van der Waals surface area (Å²) in [6.45, 7) is 4.80. The van der Waals surface area contributed by atoms with Gasteiger partial charge in [-0.2, -0.15) is 4.98 Å². The van der Waals surface area contributed by atoms with E-state index < -0.39 is 0 Å². The van der Waals surface area contributed by atoms with Gasteiger partial charge in [0.25, 0.3) is 0 Å². The average molecular weight is 264 g/mol. The molecule has 1 amide bonds. The molecule has 6 heteroatoms. The number of aryl methyl sites for hydroxylation is 1. The Kier molecular flexibility index (Phi) is 4.31. The van der Waals surface area contributed by atoms with Gasteiger partial charge < -0.3 is 10.1 Å². The first kappa shape index (κ1) is 13.7. The minimum atomic E-state index is -0.0130. The number of piperidine rings is 1. The Morgan fingerprint density at radius 2 is 2.32 bits per heavy atom. The molecule has 0 saturated carbocycles. The fourth-order valence-corrected chi connectivity index (χ4v) is 2.28. The van der Waals surface area contributed by atoms with Crippen LogP contribution in [-0.4, -0.2) is 35.6 Å². The highest BCUT2D eigenvalue weighted by molar-refractivity contribution is 5.91. The van der Waals surface area contributed by atoms with Gasteiger partial charge in [0.05, 0.1) is 7.11 Å². The molecule has 6 nitrogen and oxygen atoms in total. The van der Waals surface area contributed by atoms with E-state index in [2.05, 4.69) is 27.5 Å². The third kappa shape index (κ3) is 3.64. The Balaban J connectivity index is 2.03. The van der Waals surface area contributed by atoms with Gasteiger partial charge in [0.15, 0.2) is 0 Å². The van der Waals surface area contributed by atoms with Crippen molar-refractivity contribution in [1.29, 1.82) is 0 Å². The standard InChI is InChI=1S/C13H20N4O2/c1-8-6-10(4-5-14-8)12(18)17-13-15-9(2)7-11(16-13)19-3/h7-8,10,14H,4-6H2,1-3H3,(H,15,16,17,18). The molecule has 1 aromatic heterocycles. The van der Waals surface area contributed by atoms with Gasteiger partial charge in [-0.1, -0.05) is 0 Å². The normalized spacial score (nSPS) is 22.9. The van der Waals surface area contributed by atoms with Crippen LogP contribution in [0, 0.1) is 12.8 Å². The number of methoxy groups -OCH3 is 1. The molecule has 2 rings (SSSR count). The summed E-state index contributed by atoms with van der Waals surface area (Å²) in [7, 11) is 1.54. The van der Waals surface area contributed by atoms with Crippen molar-refractivity contribution < 1.29 is 9.53 Å². The van der Waals surface area contributed by atoms with Crippen molar-refractivity contribution in [2.45, 2.75) is 32.7 Å². The van der Waals surface area contributed by atoms with E-state index in [4.69, 9.17) is 4.74 Å². The molecular weight excluding hydrogens is 244 g/mol. The van der Waals surface area contributed by atoms with Crippen LogP contribution in [0.4, 0.5) is 5.95 Å². The summed E-state index contributed by atoms with van der Waals surface area (Å²) < 4.78 is 5.07. The maximum absolute atomic E-state index is 12.2. The van der Waals surface area contributed by atoms with Crippen molar-refractivity contribution >= 4 is 11.9 Å². The third-order valence-corrected chi connectivity index (χ3v) is 3.27. The topological polar surface area (TPSA) is 76.1 Å². The molecule has 2 heterocycles. The zero-order valence-electron chi connectivity index (χ0n) is 11.6. The van der Waals surface area contributed by atoms with Crippen molar-refractivity contribution in [3.8, 4) is 5.88 Å². The number of nitrogens with zero attached hydrogens (tertiary/aromatic N) is 2. The number of rotatable bonds is 3. The Bertz CT molecular complexity index is 464. The fraction of sp³-hybridized carbons (Fsp3) is 0.615. The van der Waals surface area contributed by atoms with E-state index in [1.54, 1.807) is 13.2 Å². The summed E-state index contributed by atoms with van der Waals surface area (Å²) >= 11 is 0. The van der Waals surface area contributed by atoms with Crippen LogP contribution in [0.25, 0.3) is 0 Å². The molecule has 1 aliphatic heterocycles. The van der Waals surface area contributed by atoms with E-state index in [9.17, 15) is 4.79 Å². The summed E-state index contributed by atoms with van der Waals surface area (Å²) in [5.74, 6) is 0.780. The second-order valence-electron chi connectivity index (χ2n) is 4.94. The van der Waals surface area contributed by atoms with Crippen LogP contribution < -0.4 is 15.4 Å². The van der Waals surface area contributed by atoms with Gasteiger partial charge in [-0.25, -0.2) is 4.98 Å². The van der Waals surface area contributed by atoms with E-state index in [1.165, 1.54) is 0 Å². The average Bonchev–Trinajstić information content (AvgIpc) is 2.38. The summed E-state index contributed by atoms with van der Waals surface area (Å²) in [6, 6.07) is 2.10. The van der Waals surface area contributed by atoms with Crippen LogP contribution in [-0.2, 0) is 4.79 Å². The van der Waals surface area contributed by atoms with Crippen LogP contribution >= 0.6 is 0 Å². The summed E-state index contributed by atoms with van der Waals surface area (Å²) in [5, 5.41) is 6.11. The first-order valence-corrected chi connectivity index (χ1v) is 6.52. The van der Waals surface area contributed by atoms with Gasteiger partial charge >= 0.3 is 0 Å². The van der Waals surface area contributed by atoms with Gasteiger partial charge in [-0.15, -0.1) is 0 Å². The van der Waals surface area contributed by atoms with E-state index in [1.807, 2.05) is 6.92 Å². The lowest BCUT2D eigenvalue weighted by molar-refractivity contribution is -0.120. The van der Waals surface area contributed by atoms with E-state index in [0.29, 0.717) is 17.9 Å². The van der Waals surface area contributed by atoms with E-state index in [-0.39, 0.29) is 11.8 Å². The molecule has 0 spiro atoms. The Hall–Kier alpha value is -1.69. The Morgan fingerprint density at radius 1 is 1.53 bits per heavy atom. The lowest BCUT2D eigenvalue weighted by Gasteiger charge is -2.26. The number of carbonyl (C=O) groups excluding carboxylic acids is 1. The summed E-state index contributed by atoms with van der Waals surface area (Å²) in [4.78, 5) is 20.5. The lowest BCUT2D eigenvalue weighted by Crippen LogP contribution is -2.40. The molecule has 2 N–H and O–H groups in total. The molecule has 0 bridgehead atoms. The number of anilines is 1. The fourth-order valence-electron chi connectivity index (χ4n) is 2.28. The first-order chi connectivity index (χ1) is 9.08. The molecule has 0 radical (unpaired) electrons. The minimum Gasteiger partial charge on any atom is -0.481 e. The number of hydrogen-bond donors (Lipinski definition) is 2. The molecule has 0 aliphatic carbocycles. The number of ether oxygens (including phenoxy) is 1. The zero-order valence-corrected chi connectivity index (χ0v) is 11.6. The van der Waals surface area contributed by atoms with Crippen molar-refractivity contribution in [3.05, 3.63) is 11.8 Å².